The van der Waals surface area contributed by atoms with E-state index in [1.807, 2.05) is 6.92 Å². The second-order valence-electron chi connectivity index (χ2n) is 4.21. The van der Waals surface area contributed by atoms with Crippen LogP contribution < -0.4 is 16.4 Å². The number of nitrogens with one attached hydrogen (secondary N) is 3. The molecule has 2 aromatic rings. The predicted molar refractivity (Wildman–Crippen MR) is 74.2 cm³/mol. The highest BCUT2D eigenvalue weighted by molar-refractivity contribution is 6.02. The largest absolute Gasteiger partial charge is 0.366 e. The van der Waals surface area contributed by atoms with Gasteiger partial charge < -0.3 is 16.4 Å². The van der Waals surface area contributed by atoms with Crippen LogP contribution >= 0.6 is 0 Å². The van der Waals surface area contributed by atoms with Crippen molar-refractivity contribution < 1.29 is 9.59 Å². The Morgan fingerprint density at radius 3 is 2.65 bits per heavy atom. The molecule has 0 aliphatic carbocycles. The third-order valence-electron chi connectivity index (χ3n) is 2.52. The number of amides is 2. The summed E-state index contributed by atoms with van der Waals surface area (Å²) in [6.07, 6.45) is 0. The highest BCUT2D eigenvalue weighted by Crippen LogP contribution is 2.20. The first-order valence-corrected chi connectivity index (χ1v) is 5.83. The molecule has 0 atom stereocenters. The van der Waals surface area contributed by atoms with Gasteiger partial charge in [-0.05, 0) is 24.6 Å². The highest BCUT2D eigenvalue weighted by Gasteiger charge is 2.11. The zero-order valence-corrected chi connectivity index (χ0v) is 11.0. The fourth-order valence-electron chi connectivity index (χ4n) is 1.59. The normalized spacial score (nSPS) is 10.1. The monoisotopic (exact) mass is 274 g/mol. The lowest BCUT2D eigenvalue weighted by atomic mass is 10.1. The van der Waals surface area contributed by atoms with E-state index < -0.39 is 5.91 Å². The molecular formula is C12H14N6O2. The summed E-state index contributed by atoms with van der Waals surface area (Å²) < 4.78 is 0. The summed E-state index contributed by atoms with van der Waals surface area (Å²) in [6.45, 7) is 3.27. The topological polar surface area (TPSA) is 126 Å². The van der Waals surface area contributed by atoms with E-state index in [1.165, 1.54) is 6.92 Å². The van der Waals surface area contributed by atoms with Gasteiger partial charge in [-0.2, -0.15) is 4.98 Å². The van der Waals surface area contributed by atoms with Crippen LogP contribution in [0.15, 0.2) is 18.2 Å². The second kappa shape index (κ2) is 5.39. The van der Waals surface area contributed by atoms with E-state index in [9.17, 15) is 9.59 Å². The molecule has 20 heavy (non-hydrogen) atoms. The maximum absolute atomic E-state index is 11.9. The van der Waals surface area contributed by atoms with Crippen LogP contribution in [-0.2, 0) is 4.79 Å². The molecule has 0 unspecified atom stereocenters. The van der Waals surface area contributed by atoms with Gasteiger partial charge in [-0.1, -0.05) is 6.07 Å². The Balaban J connectivity index is 2.17. The molecule has 5 N–H and O–H groups in total. The number of rotatable bonds is 3. The number of carbonyl (C=O) groups is 2. The van der Waals surface area contributed by atoms with Crippen molar-refractivity contribution in [3.05, 3.63) is 29.6 Å². The van der Waals surface area contributed by atoms with Gasteiger partial charge in [0, 0.05) is 18.3 Å². The summed E-state index contributed by atoms with van der Waals surface area (Å²) in [5.41, 5.74) is 7.38. The molecule has 0 aliphatic rings. The van der Waals surface area contributed by atoms with Crippen LogP contribution in [0.2, 0.25) is 0 Å². The Morgan fingerprint density at radius 1 is 1.30 bits per heavy atom. The van der Waals surface area contributed by atoms with Crippen molar-refractivity contribution >= 4 is 29.1 Å². The Morgan fingerprint density at radius 2 is 2.05 bits per heavy atom. The molecule has 0 radical (unpaired) electrons. The minimum absolute atomic E-state index is 0.00186. The predicted octanol–water partition coefficient (Wildman–Crippen LogP) is 0.906. The fourth-order valence-corrected chi connectivity index (χ4v) is 1.59. The minimum Gasteiger partial charge on any atom is -0.366 e. The van der Waals surface area contributed by atoms with Gasteiger partial charge in [-0.15, -0.1) is 5.10 Å². The van der Waals surface area contributed by atoms with Crippen molar-refractivity contribution in [3.8, 4) is 0 Å². The lowest BCUT2D eigenvalue weighted by molar-refractivity contribution is -0.114. The standard InChI is InChI=1S/C12H14N6O2/c1-6-3-4-8(5-9(6)14-7(2)19)15-11(20)10-16-12(13)18-17-10/h3-5H,1-2H3,(H,14,19)(H,15,20)(H3,13,16,17,18). The SMILES string of the molecule is CC(=O)Nc1cc(NC(=O)c2nc(N)n[nH]2)ccc1C. The minimum atomic E-state index is -0.466. The summed E-state index contributed by atoms with van der Waals surface area (Å²) >= 11 is 0. The van der Waals surface area contributed by atoms with Crippen LogP contribution in [0.1, 0.15) is 23.1 Å². The van der Waals surface area contributed by atoms with E-state index in [0.29, 0.717) is 11.4 Å². The number of hydrogen-bond donors (Lipinski definition) is 4. The number of benzene rings is 1. The van der Waals surface area contributed by atoms with Crippen molar-refractivity contribution in [2.75, 3.05) is 16.4 Å². The average Bonchev–Trinajstić information content (AvgIpc) is 2.79. The summed E-state index contributed by atoms with van der Waals surface area (Å²) in [5, 5.41) is 11.3. The number of nitrogens with two attached hydrogens (primary N) is 1. The molecule has 8 nitrogen and oxygen atoms in total. The quantitative estimate of drug-likeness (QED) is 0.661. The Kier molecular flexibility index (Phi) is 3.65. The maximum atomic E-state index is 11.9. The molecule has 2 rings (SSSR count). The molecule has 0 bridgehead atoms. The molecule has 8 heteroatoms. The van der Waals surface area contributed by atoms with Crippen molar-refractivity contribution in [3.63, 3.8) is 0 Å². The summed E-state index contributed by atoms with van der Waals surface area (Å²) in [6, 6.07) is 5.17. The van der Waals surface area contributed by atoms with E-state index >= 15 is 0 Å². The number of H-pyrrole nitrogens is 1. The number of aryl methyl sites for hydroxylation is 1. The molecule has 1 aromatic heterocycles. The number of carbonyl (C=O) groups excluding carboxylic acids is 2. The number of aromatic amines is 1. The van der Waals surface area contributed by atoms with Gasteiger partial charge in [0.2, 0.25) is 17.7 Å². The van der Waals surface area contributed by atoms with Gasteiger partial charge in [0.05, 0.1) is 0 Å². The van der Waals surface area contributed by atoms with Gasteiger partial charge in [-0.25, -0.2) is 0 Å². The van der Waals surface area contributed by atoms with Gasteiger partial charge >= 0.3 is 0 Å². The van der Waals surface area contributed by atoms with Crippen LogP contribution in [0.3, 0.4) is 0 Å². The van der Waals surface area contributed by atoms with E-state index in [4.69, 9.17) is 5.73 Å². The van der Waals surface area contributed by atoms with Gasteiger partial charge in [-0.3, -0.25) is 14.7 Å². The average molecular weight is 274 g/mol. The van der Waals surface area contributed by atoms with E-state index in [1.54, 1.807) is 18.2 Å². The van der Waals surface area contributed by atoms with Gasteiger partial charge in [0.15, 0.2) is 0 Å². The van der Waals surface area contributed by atoms with Crippen molar-refractivity contribution in [2.24, 2.45) is 0 Å². The highest BCUT2D eigenvalue weighted by atomic mass is 16.2. The first-order valence-electron chi connectivity index (χ1n) is 5.83. The zero-order valence-electron chi connectivity index (χ0n) is 11.0. The molecule has 2 amide bonds. The molecule has 0 spiro atoms. The van der Waals surface area contributed by atoms with E-state index in [0.717, 1.165) is 5.56 Å². The molecular weight excluding hydrogens is 260 g/mol. The third-order valence-corrected chi connectivity index (χ3v) is 2.52. The fraction of sp³-hybridized carbons (Fsp3) is 0.167. The van der Waals surface area contributed by atoms with E-state index in [2.05, 4.69) is 25.8 Å². The molecule has 0 aliphatic heterocycles. The van der Waals surface area contributed by atoms with Crippen LogP contribution in [0.25, 0.3) is 0 Å². The third kappa shape index (κ3) is 3.10. The van der Waals surface area contributed by atoms with Crippen LogP contribution in [0.5, 0.6) is 0 Å². The van der Waals surface area contributed by atoms with E-state index in [-0.39, 0.29) is 17.7 Å². The van der Waals surface area contributed by atoms with Crippen molar-refractivity contribution in [2.45, 2.75) is 13.8 Å². The summed E-state index contributed by atoms with van der Waals surface area (Å²) in [5.74, 6) is -0.631. The first-order chi connectivity index (χ1) is 9.45. The van der Waals surface area contributed by atoms with Crippen molar-refractivity contribution in [1.82, 2.24) is 15.2 Å². The first kappa shape index (κ1) is 13.5. The van der Waals surface area contributed by atoms with Crippen LogP contribution in [-0.4, -0.2) is 27.0 Å². The second-order valence-corrected chi connectivity index (χ2v) is 4.21. The lowest BCUT2D eigenvalue weighted by Crippen LogP contribution is -2.14. The van der Waals surface area contributed by atoms with Gasteiger partial charge in [0.1, 0.15) is 0 Å². The van der Waals surface area contributed by atoms with Crippen LogP contribution in [0, 0.1) is 6.92 Å². The summed E-state index contributed by atoms with van der Waals surface area (Å²) in [4.78, 5) is 26.7. The lowest BCUT2D eigenvalue weighted by Gasteiger charge is -2.09. The van der Waals surface area contributed by atoms with Crippen molar-refractivity contribution in [1.29, 1.82) is 0 Å². The zero-order chi connectivity index (χ0) is 14.7. The molecule has 0 fully saturated rings. The summed E-state index contributed by atoms with van der Waals surface area (Å²) in [7, 11) is 0. The number of nitrogen functional groups attached to an aromatic ring is 1. The molecule has 1 heterocycles. The van der Waals surface area contributed by atoms with Gasteiger partial charge in [0.25, 0.3) is 5.91 Å². The Hall–Kier alpha value is -2.90. The number of aromatic nitrogens is 3. The Bertz CT molecular complexity index is 664. The van der Waals surface area contributed by atoms with Crippen LogP contribution in [0.4, 0.5) is 17.3 Å². The molecule has 104 valence electrons. The number of anilines is 3. The maximum Gasteiger partial charge on any atom is 0.293 e. The smallest absolute Gasteiger partial charge is 0.293 e. The molecule has 0 saturated carbocycles. The number of nitrogens with zero attached hydrogens (tertiary/aromatic N) is 2. The molecule has 1 aromatic carbocycles. The molecule has 0 saturated heterocycles. The Labute approximate surface area is 114 Å². The number of hydrogen-bond acceptors (Lipinski definition) is 5.